The molecular formula is C12H14BrO. The molecule has 0 heterocycles. The second-order valence-corrected chi connectivity index (χ2v) is 3.73. The summed E-state index contributed by atoms with van der Waals surface area (Å²) in [5.41, 5.74) is 1.10. The lowest BCUT2D eigenvalue weighted by atomic mass is 10.0. The molecule has 1 atom stereocenters. The Morgan fingerprint density at radius 3 is 2.86 bits per heavy atom. The molecule has 1 unspecified atom stereocenters. The first-order valence-electron chi connectivity index (χ1n) is 4.57. The lowest BCUT2D eigenvalue weighted by Crippen LogP contribution is -1.96. The molecule has 0 aliphatic rings. The minimum Gasteiger partial charge on any atom is -0.493 e. The van der Waals surface area contributed by atoms with Crippen LogP contribution in [0.3, 0.4) is 0 Å². The van der Waals surface area contributed by atoms with Crippen molar-refractivity contribution in [2.24, 2.45) is 0 Å². The van der Waals surface area contributed by atoms with Crippen molar-refractivity contribution in [3.8, 4) is 5.75 Å². The third kappa shape index (κ3) is 2.38. The van der Waals surface area contributed by atoms with Crippen LogP contribution in [0.25, 0.3) is 0 Å². The number of halogens is 1. The fraction of sp³-hybridized carbons (Fsp3) is 0.250. The standard InChI is InChI=1S/C12H14BrO/c1-4-9(3)10-7-6-8-11(12(10)13)14-5-2/h4,6-9H,1,3,5H2,2H3. The van der Waals surface area contributed by atoms with Gasteiger partial charge in [-0.1, -0.05) is 18.2 Å². The zero-order valence-corrected chi connectivity index (χ0v) is 9.88. The van der Waals surface area contributed by atoms with Crippen LogP contribution in [0.5, 0.6) is 5.75 Å². The van der Waals surface area contributed by atoms with Crippen molar-refractivity contribution in [1.29, 1.82) is 0 Å². The van der Waals surface area contributed by atoms with Crippen molar-refractivity contribution in [1.82, 2.24) is 0 Å². The van der Waals surface area contributed by atoms with Crippen LogP contribution in [0.15, 0.2) is 35.3 Å². The van der Waals surface area contributed by atoms with Crippen molar-refractivity contribution >= 4 is 15.9 Å². The van der Waals surface area contributed by atoms with Crippen LogP contribution in [0, 0.1) is 6.92 Å². The minimum absolute atomic E-state index is 0.0878. The van der Waals surface area contributed by atoms with Crippen molar-refractivity contribution in [2.75, 3.05) is 6.61 Å². The van der Waals surface area contributed by atoms with E-state index in [1.807, 2.05) is 31.2 Å². The number of hydrogen-bond acceptors (Lipinski definition) is 1. The normalized spacial score (nSPS) is 12.2. The molecule has 14 heavy (non-hydrogen) atoms. The molecule has 0 saturated carbocycles. The van der Waals surface area contributed by atoms with E-state index in [-0.39, 0.29) is 5.92 Å². The number of benzene rings is 1. The van der Waals surface area contributed by atoms with Gasteiger partial charge >= 0.3 is 0 Å². The monoisotopic (exact) mass is 253 g/mol. The molecule has 0 fully saturated rings. The molecular weight excluding hydrogens is 240 g/mol. The first-order valence-corrected chi connectivity index (χ1v) is 5.36. The summed E-state index contributed by atoms with van der Waals surface area (Å²) in [7, 11) is 0. The Bertz CT molecular complexity index is 320. The molecule has 0 aliphatic heterocycles. The van der Waals surface area contributed by atoms with Crippen LogP contribution in [0.1, 0.15) is 18.4 Å². The summed E-state index contributed by atoms with van der Waals surface area (Å²) in [5.74, 6) is 0.949. The molecule has 1 radical (unpaired) electrons. The Morgan fingerprint density at radius 1 is 1.57 bits per heavy atom. The smallest absolute Gasteiger partial charge is 0.133 e. The van der Waals surface area contributed by atoms with Gasteiger partial charge in [0.05, 0.1) is 11.1 Å². The summed E-state index contributed by atoms with van der Waals surface area (Å²) in [5, 5.41) is 0. The SMILES string of the molecule is [CH2]C(C=C)c1cccc(OCC)c1Br. The first kappa shape index (κ1) is 11.3. The van der Waals surface area contributed by atoms with Crippen LogP contribution in [0.2, 0.25) is 0 Å². The number of rotatable bonds is 4. The predicted octanol–water partition coefficient (Wildman–Crippen LogP) is 3.95. The topological polar surface area (TPSA) is 9.23 Å². The molecule has 1 rings (SSSR count). The third-order valence-electron chi connectivity index (χ3n) is 1.98. The first-order chi connectivity index (χ1) is 6.70. The summed E-state index contributed by atoms with van der Waals surface area (Å²) < 4.78 is 6.44. The van der Waals surface area contributed by atoms with Crippen LogP contribution in [-0.2, 0) is 0 Å². The van der Waals surface area contributed by atoms with Gasteiger partial charge in [0.25, 0.3) is 0 Å². The van der Waals surface area contributed by atoms with E-state index in [1.54, 1.807) is 0 Å². The van der Waals surface area contributed by atoms with E-state index in [1.165, 1.54) is 0 Å². The highest BCUT2D eigenvalue weighted by Gasteiger charge is 2.09. The summed E-state index contributed by atoms with van der Waals surface area (Å²) >= 11 is 3.51. The van der Waals surface area contributed by atoms with Gasteiger partial charge in [-0.3, -0.25) is 0 Å². The second-order valence-electron chi connectivity index (χ2n) is 2.93. The molecule has 1 aromatic carbocycles. The van der Waals surface area contributed by atoms with Gasteiger partial charge in [-0.15, -0.1) is 6.58 Å². The van der Waals surface area contributed by atoms with E-state index >= 15 is 0 Å². The predicted molar refractivity (Wildman–Crippen MR) is 63.6 cm³/mol. The molecule has 0 bridgehead atoms. The van der Waals surface area contributed by atoms with Gasteiger partial charge in [-0.2, -0.15) is 0 Å². The molecule has 1 nitrogen and oxygen atoms in total. The maximum Gasteiger partial charge on any atom is 0.133 e. The largest absolute Gasteiger partial charge is 0.493 e. The molecule has 0 aliphatic carbocycles. The van der Waals surface area contributed by atoms with E-state index in [9.17, 15) is 0 Å². The minimum atomic E-state index is 0.0878. The lowest BCUT2D eigenvalue weighted by molar-refractivity contribution is 0.337. The summed E-state index contributed by atoms with van der Waals surface area (Å²) in [6.45, 7) is 10.3. The van der Waals surface area contributed by atoms with E-state index in [2.05, 4.69) is 29.4 Å². The van der Waals surface area contributed by atoms with Gasteiger partial charge in [0.15, 0.2) is 0 Å². The highest BCUT2D eigenvalue weighted by Crippen LogP contribution is 2.33. The molecule has 0 aromatic heterocycles. The fourth-order valence-electron chi connectivity index (χ4n) is 1.21. The Morgan fingerprint density at radius 2 is 2.29 bits per heavy atom. The van der Waals surface area contributed by atoms with Crippen molar-refractivity contribution in [2.45, 2.75) is 12.8 Å². The van der Waals surface area contributed by atoms with Gasteiger partial charge < -0.3 is 4.74 Å². The van der Waals surface area contributed by atoms with Gasteiger partial charge in [0.2, 0.25) is 0 Å². The van der Waals surface area contributed by atoms with E-state index in [4.69, 9.17) is 4.74 Å². The summed E-state index contributed by atoms with van der Waals surface area (Å²) in [4.78, 5) is 0. The summed E-state index contributed by atoms with van der Waals surface area (Å²) in [6.07, 6.45) is 1.82. The Kier molecular flexibility index (Phi) is 4.21. The summed E-state index contributed by atoms with van der Waals surface area (Å²) in [6, 6.07) is 5.92. The Hall–Kier alpha value is -0.760. The highest BCUT2D eigenvalue weighted by molar-refractivity contribution is 9.10. The van der Waals surface area contributed by atoms with Gasteiger partial charge in [-0.25, -0.2) is 0 Å². The fourth-order valence-corrected chi connectivity index (χ4v) is 1.88. The number of ether oxygens (including phenoxy) is 1. The molecule has 0 N–H and O–H groups in total. The quantitative estimate of drug-likeness (QED) is 0.739. The number of hydrogen-bond donors (Lipinski definition) is 0. The zero-order chi connectivity index (χ0) is 10.6. The van der Waals surface area contributed by atoms with Crippen molar-refractivity contribution in [3.05, 3.63) is 47.8 Å². The van der Waals surface area contributed by atoms with Crippen LogP contribution >= 0.6 is 15.9 Å². The molecule has 75 valence electrons. The maximum atomic E-state index is 5.46. The van der Waals surface area contributed by atoms with Gasteiger partial charge in [-0.05, 0) is 41.4 Å². The van der Waals surface area contributed by atoms with E-state index in [0.29, 0.717) is 6.61 Å². The Balaban J connectivity index is 3.06. The number of allylic oxidation sites excluding steroid dienone is 1. The zero-order valence-electron chi connectivity index (χ0n) is 8.29. The molecule has 0 spiro atoms. The van der Waals surface area contributed by atoms with Crippen molar-refractivity contribution in [3.63, 3.8) is 0 Å². The molecule has 1 aromatic rings. The Labute approximate surface area is 93.9 Å². The third-order valence-corrected chi connectivity index (χ3v) is 2.83. The van der Waals surface area contributed by atoms with Gasteiger partial charge in [0, 0.05) is 5.92 Å². The van der Waals surface area contributed by atoms with Crippen molar-refractivity contribution < 1.29 is 4.74 Å². The van der Waals surface area contributed by atoms with Crippen LogP contribution in [0.4, 0.5) is 0 Å². The van der Waals surface area contributed by atoms with Crippen LogP contribution in [-0.4, -0.2) is 6.61 Å². The maximum absolute atomic E-state index is 5.46. The van der Waals surface area contributed by atoms with E-state index in [0.717, 1.165) is 15.8 Å². The lowest BCUT2D eigenvalue weighted by Gasteiger charge is -2.12. The van der Waals surface area contributed by atoms with E-state index < -0.39 is 0 Å². The van der Waals surface area contributed by atoms with Crippen LogP contribution < -0.4 is 4.74 Å². The average molecular weight is 254 g/mol. The molecule has 0 saturated heterocycles. The molecule has 0 amide bonds. The van der Waals surface area contributed by atoms with Gasteiger partial charge in [0.1, 0.15) is 5.75 Å². The highest BCUT2D eigenvalue weighted by atomic mass is 79.9. The average Bonchev–Trinajstić information content (AvgIpc) is 2.20. The second kappa shape index (κ2) is 5.20. The molecule has 2 heteroatoms.